The van der Waals surface area contributed by atoms with Crippen molar-refractivity contribution in [3.05, 3.63) is 54.1 Å². The number of aliphatic hydroxyl groups excluding tert-OH is 1. The summed E-state index contributed by atoms with van der Waals surface area (Å²) in [5, 5.41) is 12.3. The molecule has 0 aliphatic heterocycles. The molecule has 1 aromatic heterocycles. The van der Waals surface area contributed by atoms with E-state index in [1.165, 1.54) is 17.2 Å². The van der Waals surface area contributed by atoms with E-state index in [1.807, 2.05) is 12.1 Å². The van der Waals surface area contributed by atoms with Gasteiger partial charge in [-0.05, 0) is 48.7 Å². The van der Waals surface area contributed by atoms with Gasteiger partial charge in [0.2, 0.25) is 0 Å². The molecule has 1 unspecified atom stereocenters. The number of hydrogen-bond donors (Lipinski definition) is 2. The highest BCUT2D eigenvalue weighted by atomic mass is 32.2. The molecule has 3 nitrogen and oxygen atoms in total. The van der Waals surface area contributed by atoms with Crippen molar-refractivity contribution >= 4 is 17.4 Å². The minimum Gasteiger partial charge on any atom is -0.396 e. The third-order valence-electron chi connectivity index (χ3n) is 3.48. The Balaban J connectivity index is 2.03. The summed E-state index contributed by atoms with van der Waals surface area (Å²) in [6.07, 6.45) is 2.06. The number of nitrogens with zero attached hydrogens (tertiary/aromatic N) is 1. The quantitative estimate of drug-likeness (QED) is 0.551. The molecule has 1 atom stereocenters. The molecule has 0 saturated carbocycles. The molecule has 124 valence electrons. The first-order valence-electron chi connectivity index (χ1n) is 7.82. The maximum Gasteiger partial charge on any atom is 0.141 e. The van der Waals surface area contributed by atoms with Crippen LogP contribution in [0, 0.1) is 11.7 Å². The van der Waals surface area contributed by atoms with Crippen LogP contribution in [0.3, 0.4) is 0 Å². The molecule has 0 fully saturated rings. The van der Waals surface area contributed by atoms with Crippen molar-refractivity contribution in [1.82, 2.24) is 4.98 Å². The zero-order valence-corrected chi connectivity index (χ0v) is 14.3. The van der Waals surface area contributed by atoms with Crippen LogP contribution in [0.1, 0.15) is 32.0 Å². The average Bonchev–Trinajstić information content (AvgIpc) is 2.55. The van der Waals surface area contributed by atoms with Crippen molar-refractivity contribution in [2.24, 2.45) is 5.92 Å². The lowest BCUT2D eigenvalue weighted by atomic mass is 10.00. The Hall–Kier alpha value is -1.59. The van der Waals surface area contributed by atoms with E-state index in [2.05, 4.69) is 36.3 Å². The molecule has 2 rings (SSSR count). The summed E-state index contributed by atoms with van der Waals surface area (Å²) in [6.45, 7) is 4.46. The summed E-state index contributed by atoms with van der Waals surface area (Å²) in [4.78, 5) is 5.38. The van der Waals surface area contributed by atoms with Gasteiger partial charge in [-0.1, -0.05) is 13.8 Å². The van der Waals surface area contributed by atoms with Gasteiger partial charge in [-0.15, -0.1) is 11.8 Å². The van der Waals surface area contributed by atoms with E-state index in [-0.39, 0.29) is 18.5 Å². The van der Waals surface area contributed by atoms with Gasteiger partial charge in [-0.3, -0.25) is 4.98 Å². The highest BCUT2D eigenvalue weighted by Crippen LogP contribution is 2.27. The van der Waals surface area contributed by atoms with Crippen molar-refractivity contribution < 1.29 is 9.50 Å². The fourth-order valence-electron chi connectivity index (χ4n) is 2.23. The van der Waals surface area contributed by atoms with Crippen molar-refractivity contribution in [1.29, 1.82) is 0 Å². The van der Waals surface area contributed by atoms with Gasteiger partial charge >= 0.3 is 0 Å². The third kappa shape index (κ3) is 5.52. The van der Waals surface area contributed by atoms with Crippen LogP contribution in [0.15, 0.2) is 47.5 Å². The molecule has 23 heavy (non-hydrogen) atoms. The molecular formula is C18H23FN2OS. The van der Waals surface area contributed by atoms with Crippen LogP contribution in [-0.4, -0.2) is 22.5 Å². The maximum atomic E-state index is 13.0. The molecule has 0 radical (unpaired) electrons. The molecule has 0 saturated heterocycles. The fraction of sp³-hybridized carbons (Fsp3) is 0.389. The van der Waals surface area contributed by atoms with Crippen molar-refractivity contribution in [2.45, 2.75) is 31.2 Å². The second kappa shape index (κ2) is 8.89. The maximum absolute atomic E-state index is 13.0. The lowest BCUT2D eigenvalue weighted by Crippen LogP contribution is -2.18. The first-order valence-corrected chi connectivity index (χ1v) is 8.80. The highest BCUT2D eigenvalue weighted by molar-refractivity contribution is 7.99. The molecule has 5 heteroatoms. The number of rotatable bonds is 8. The number of hydrogen-bond acceptors (Lipinski definition) is 4. The summed E-state index contributed by atoms with van der Waals surface area (Å²) in [6, 6.07) is 11.4. The molecule has 0 spiro atoms. The lowest BCUT2D eigenvalue weighted by Gasteiger charge is -2.23. The number of nitrogens with one attached hydrogen (secondary N) is 1. The largest absolute Gasteiger partial charge is 0.396 e. The number of aromatic nitrogens is 1. The molecule has 0 amide bonds. The summed E-state index contributed by atoms with van der Waals surface area (Å²) < 4.78 is 13.0. The van der Waals surface area contributed by atoms with E-state index in [4.69, 9.17) is 5.11 Å². The Labute approximate surface area is 141 Å². The van der Waals surface area contributed by atoms with Crippen molar-refractivity contribution in [3.8, 4) is 0 Å². The SMILES string of the molecule is CC(C)C(Nc1ccc(SCCCO)cc1)c1ccc(F)cn1. The molecule has 0 aliphatic carbocycles. The standard InChI is InChI=1S/C18H23FN2OS/c1-13(2)18(17-9-4-14(19)12-20-17)21-15-5-7-16(8-6-15)23-11-3-10-22/h4-9,12-13,18,21-22H,3,10-11H2,1-2H3. The predicted octanol–water partition coefficient (Wildman–Crippen LogP) is 4.50. The first kappa shape index (κ1) is 17.8. The summed E-state index contributed by atoms with van der Waals surface area (Å²) in [7, 11) is 0. The van der Waals surface area contributed by atoms with Gasteiger partial charge in [0.1, 0.15) is 5.82 Å². The summed E-state index contributed by atoms with van der Waals surface area (Å²) in [5.74, 6) is 0.921. The zero-order valence-electron chi connectivity index (χ0n) is 13.5. The molecular weight excluding hydrogens is 311 g/mol. The van der Waals surface area contributed by atoms with Crippen LogP contribution in [-0.2, 0) is 0 Å². The summed E-state index contributed by atoms with van der Waals surface area (Å²) >= 11 is 1.74. The van der Waals surface area contributed by atoms with Crippen molar-refractivity contribution in [3.63, 3.8) is 0 Å². The predicted molar refractivity (Wildman–Crippen MR) is 94.3 cm³/mol. The van der Waals surface area contributed by atoms with Crippen LogP contribution in [0.5, 0.6) is 0 Å². The van der Waals surface area contributed by atoms with Gasteiger partial charge in [0.25, 0.3) is 0 Å². The summed E-state index contributed by atoms with van der Waals surface area (Å²) in [5.41, 5.74) is 1.85. The zero-order chi connectivity index (χ0) is 16.7. The molecule has 1 heterocycles. The molecule has 0 aliphatic rings. The monoisotopic (exact) mass is 334 g/mol. The number of aliphatic hydroxyl groups is 1. The second-order valence-corrected chi connectivity index (χ2v) is 6.89. The molecule has 1 aromatic carbocycles. The van der Waals surface area contributed by atoms with Gasteiger partial charge in [0.05, 0.1) is 17.9 Å². The number of thioether (sulfide) groups is 1. The van der Waals surface area contributed by atoms with Crippen LogP contribution in [0.2, 0.25) is 0 Å². The van der Waals surface area contributed by atoms with Crippen LogP contribution in [0.4, 0.5) is 10.1 Å². The minimum atomic E-state index is -0.319. The Morgan fingerprint density at radius 2 is 1.91 bits per heavy atom. The fourth-order valence-corrected chi connectivity index (χ4v) is 3.07. The van der Waals surface area contributed by atoms with Gasteiger partial charge in [-0.2, -0.15) is 0 Å². The molecule has 0 bridgehead atoms. The Morgan fingerprint density at radius 1 is 1.17 bits per heavy atom. The minimum absolute atomic E-state index is 0.0310. The normalized spacial score (nSPS) is 12.4. The van der Waals surface area contributed by atoms with Gasteiger partial charge in [-0.25, -0.2) is 4.39 Å². The Morgan fingerprint density at radius 3 is 2.48 bits per heavy atom. The van der Waals surface area contributed by atoms with Gasteiger partial charge < -0.3 is 10.4 Å². The van der Waals surface area contributed by atoms with E-state index in [0.717, 1.165) is 23.6 Å². The Kier molecular flexibility index (Phi) is 6.86. The Bertz CT molecular complexity index is 587. The van der Waals surface area contributed by atoms with E-state index >= 15 is 0 Å². The van der Waals surface area contributed by atoms with Crippen LogP contribution < -0.4 is 5.32 Å². The topological polar surface area (TPSA) is 45.1 Å². The van der Waals surface area contributed by atoms with E-state index in [1.54, 1.807) is 17.8 Å². The van der Waals surface area contributed by atoms with E-state index in [0.29, 0.717) is 5.92 Å². The van der Waals surface area contributed by atoms with Gasteiger partial charge in [0.15, 0.2) is 0 Å². The molecule has 2 aromatic rings. The van der Waals surface area contributed by atoms with Crippen molar-refractivity contribution in [2.75, 3.05) is 17.7 Å². The first-order chi connectivity index (χ1) is 11.1. The van der Waals surface area contributed by atoms with Crippen LogP contribution in [0.25, 0.3) is 0 Å². The average molecular weight is 334 g/mol. The second-order valence-electron chi connectivity index (χ2n) is 5.72. The number of halogens is 1. The number of pyridine rings is 1. The highest BCUT2D eigenvalue weighted by Gasteiger charge is 2.17. The smallest absolute Gasteiger partial charge is 0.141 e. The molecule has 2 N–H and O–H groups in total. The number of benzene rings is 1. The van der Waals surface area contributed by atoms with Gasteiger partial charge in [0, 0.05) is 22.9 Å². The third-order valence-corrected chi connectivity index (χ3v) is 4.58. The lowest BCUT2D eigenvalue weighted by molar-refractivity contribution is 0.296. The van der Waals surface area contributed by atoms with E-state index < -0.39 is 0 Å². The van der Waals surface area contributed by atoms with E-state index in [9.17, 15) is 4.39 Å². The number of anilines is 1. The van der Waals surface area contributed by atoms with Crippen LogP contribution >= 0.6 is 11.8 Å².